The number of piperidine rings is 1. The average Bonchev–Trinajstić information content (AvgIpc) is 3.18. The van der Waals surface area contributed by atoms with Crippen molar-refractivity contribution in [2.24, 2.45) is 13.0 Å². The highest BCUT2D eigenvalue weighted by Gasteiger charge is 2.23. The lowest BCUT2D eigenvalue weighted by Crippen LogP contribution is -2.36. The van der Waals surface area contributed by atoms with Crippen LogP contribution in [0.15, 0.2) is 12.4 Å². The lowest BCUT2D eigenvalue weighted by atomic mass is 9.93. The van der Waals surface area contributed by atoms with Crippen LogP contribution < -0.4 is 0 Å². The first-order chi connectivity index (χ1) is 10.7. The molecule has 0 saturated carbocycles. The largest absolute Gasteiger partial charge is 0.343 e. The van der Waals surface area contributed by atoms with Crippen molar-refractivity contribution >= 4 is 5.91 Å². The van der Waals surface area contributed by atoms with Gasteiger partial charge in [-0.05, 0) is 44.6 Å². The Morgan fingerprint density at radius 2 is 2.09 bits per heavy atom. The summed E-state index contributed by atoms with van der Waals surface area (Å²) in [6, 6.07) is 0. The van der Waals surface area contributed by atoms with Crippen LogP contribution in [0, 0.1) is 5.92 Å². The number of aryl methyl sites for hydroxylation is 1. The molecule has 0 bridgehead atoms. The summed E-state index contributed by atoms with van der Waals surface area (Å²) >= 11 is 0. The SMILES string of the molecule is Cn1ccnc1CN1CCC[C@H](CCC(=O)N2CCCC2)C1. The summed E-state index contributed by atoms with van der Waals surface area (Å²) in [5.74, 6) is 2.17. The van der Waals surface area contributed by atoms with Crippen molar-refractivity contribution < 1.29 is 4.79 Å². The van der Waals surface area contributed by atoms with E-state index in [2.05, 4.69) is 26.4 Å². The predicted octanol–water partition coefficient (Wildman–Crippen LogP) is 2.03. The van der Waals surface area contributed by atoms with Gasteiger partial charge in [-0.15, -0.1) is 0 Å². The molecule has 2 aliphatic heterocycles. The molecule has 122 valence electrons. The molecule has 2 aliphatic rings. The van der Waals surface area contributed by atoms with Gasteiger partial charge in [-0.25, -0.2) is 4.98 Å². The first-order valence-electron chi connectivity index (χ1n) is 8.68. The average molecular weight is 304 g/mol. The van der Waals surface area contributed by atoms with E-state index in [9.17, 15) is 4.79 Å². The summed E-state index contributed by atoms with van der Waals surface area (Å²) < 4.78 is 2.10. The Bertz CT molecular complexity index is 493. The highest BCUT2D eigenvalue weighted by atomic mass is 16.2. The minimum atomic E-state index is 0.374. The second-order valence-electron chi connectivity index (χ2n) is 6.82. The Morgan fingerprint density at radius 1 is 1.27 bits per heavy atom. The summed E-state index contributed by atoms with van der Waals surface area (Å²) in [5.41, 5.74) is 0. The topological polar surface area (TPSA) is 41.4 Å². The Hall–Kier alpha value is -1.36. The molecule has 5 heteroatoms. The molecular formula is C17H28N4O. The standard InChI is InChI=1S/C17H28N4O/c1-19-12-8-18-16(19)14-20-9-4-5-15(13-20)6-7-17(22)21-10-2-3-11-21/h8,12,15H,2-7,9-11,13-14H2,1H3/t15-/m1/s1. The molecule has 2 saturated heterocycles. The van der Waals surface area contributed by atoms with Crippen LogP contribution in [0.2, 0.25) is 0 Å². The fraction of sp³-hybridized carbons (Fsp3) is 0.765. The summed E-state index contributed by atoms with van der Waals surface area (Å²) in [6.07, 6.45) is 10.5. The Kier molecular flexibility index (Phi) is 5.13. The molecule has 3 heterocycles. The third-order valence-electron chi connectivity index (χ3n) is 5.11. The van der Waals surface area contributed by atoms with Crippen LogP contribution in [0.4, 0.5) is 0 Å². The zero-order valence-corrected chi connectivity index (χ0v) is 13.7. The predicted molar refractivity (Wildman–Crippen MR) is 86.3 cm³/mol. The van der Waals surface area contributed by atoms with Crippen LogP contribution in [0.25, 0.3) is 0 Å². The molecule has 1 amide bonds. The molecule has 3 rings (SSSR count). The third kappa shape index (κ3) is 3.88. The van der Waals surface area contributed by atoms with Crippen molar-refractivity contribution in [3.8, 4) is 0 Å². The highest BCUT2D eigenvalue weighted by molar-refractivity contribution is 5.76. The van der Waals surface area contributed by atoms with Gasteiger partial charge in [0.2, 0.25) is 5.91 Å². The first kappa shape index (κ1) is 15.5. The number of likely N-dealkylation sites (tertiary alicyclic amines) is 2. The molecule has 2 fully saturated rings. The molecule has 0 radical (unpaired) electrons. The minimum absolute atomic E-state index is 0.374. The van der Waals surface area contributed by atoms with E-state index in [1.54, 1.807) is 0 Å². The number of amides is 1. The molecule has 5 nitrogen and oxygen atoms in total. The zero-order chi connectivity index (χ0) is 15.4. The Labute approximate surface area is 133 Å². The highest BCUT2D eigenvalue weighted by Crippen LogP contribution is 2.23. The molecule has 0 N–H and O–H groups in total. The summed E-state index contributed by atoms with van der Waals surface area (Å²) in [7, 11) is 2.05. The van der Waals surface area contributed by atoms with E-state index in [1.807, 2.05) is 12.4 Å². The number of hydrogen-bond donors (Lipinski definition) is 0. The van der Waals surface area contributed by atoms with Gasteiger partial charge < -0.3 is 9.47 Å². The zero-order valence-electron chi connectivity index (χ0n) is 13.7. The monoisotopic (exact) mass is 304 g/mol. The molecule has 0 spiro atoms. The smallest absolute Gasteiger partial charge is 0.222 e. The van der Waals surface area contributed by atoms with Gasteiger partial charge in [0.1, 0.15) is 5.82 Å². The van der Waals surface area contributed by atoms with Crippen LogP contribution in [0.3, 0.4) is 0 Å². The van der Waals surface area contributed by atoms with Crippen LogP contribution in [-0.4, -0.2) is 51.4 Å². The van der Waals surface area contributed by atoms with Crippen molar-refractivity contribution in [2.45, 2.75) is 45.1 Å². The van der Waals surface area contributed by atoms with E-state index in [0.29, 0.717) is 11.8 Å². The first-order valence-corrected chi connectivity index (χ1v) is 8.68. The molecule has 1 atom stereocenters. The van der Waals surface area contributed by atoms with Crippen LogP contribution in [0.1, 0.15) is 44.3 Å². The maximum atomic E-state index is 12.2. The van der Waals surface area contributed by atoms with Gasteiger partial charge in [0.05, 0.1) is 6.54 Å². The van der Waals surface area contributed by atoms with E-state index in [4.69, 9.17) is 0 Å². The van der Waals surface area contributed by atoms with E-state index in [0.717, 1.165) is 51.4 Å². The van der Waals surface area contributed by atoms with Crippen molar-refractivity contribution in [1.29, 1.82) is 0 Å². The third-order valence-corrected chi connectivity index (χ3v) is 5.11. The van der Waals surface area contributed by atoms with Crippen molar-refractivity contribution in [2.75, 3.05) is 26.2 Å². The second-order valence-corrected chi connectivity index (χ2v) is 6.82. The van der Waals surface area contributed by atoms with Gasteiger partial charge in [-0.3, -0.25) is 9.69 Å². The summed E-state index contributed by atoms with van der Waals surface area (Å²) in [5, 5.41) is 0. The van der Waals surface area contributed by atoms with Crippen LogP contribution >= 0.6 is 0 Å². The van der Waals surface area contributed by atoms with Gasteiger partial charge in [0, 0.05) is 45.5 Å². The van der Waals surface area contributed by atoms with Crippen molar-refractivity contribution in [3.63, 3.8) is 0 Å². The molecule has 0 aromatic carbocycles. The molecule has 0 aliphatic carbocycles. The fourth-order valence-corrected chi connectivity index (χ4v) is 3.73. The van der Waals surface area contributed by atoms with E-state index < -0.39 is 0 Å². The maximum absolute atomic E-state index is 12.2. The van der Waals surface area contributed by atoms with Crippen molar-refractivity contribution in [3.05, 3.63) is 18.2 Å². The molecule has 1 aromatic rings. The van der Waals surface area contributed by atoms with Crippen LogP contribution in [0.5, 0.6) is 0 Å². The molecular weight excluding hydrogens is 276 g/mol. The van der Waals surface area contributed by atoms with Crippen molar-refractivity contribution in [1.82, 2.24) is 19.4 Å². The summed E-state index contributed by atoms with van der Waals surface area (Å²) in [6.45, 7) is 5.16. The quantitative estimate of drug-likeness (QED) is 0.836. The van der Waals surface area contributed by atoms with Gasteiger partial charge in [-0.1, -0.05) is 0 Å². The number of rotatable bonds is 5. The van der Waals surface area contributed by atoms with Gasteiger partial charge >= 0.3 is 0 Å². The Balaban J connectivity index is 1.44. The second kappa shape index (κ2) is 7.27. The maximum Gasteiger partial charge on any atom is 0.222 e. The lowest BCUT2D eigenvalue weighted by molar-refractivity contribution is -0.130. The van der Waals surface area contributed by atoms with Gasteiger partial charge in [0.25, 0.3) is 0 Å². The van der Waals surface area contributed by atoms with E-state index in [-0.39, 0.29) is 0 Å². The normalized spacial score (nSPS) is 23.1. The number of nitrogens with zero attached hydrogens (tertiary/aromatic N) is 4. The van der Waals surface area contributed by atoms with Crippen LogP contribution in [-0.2, 0) is 18.4 Å². The van der Waals surface area contributed by atoms with Gasteiger partial charge in [0.15, 0.2) is 0 Å². The number of carbonyl (C=O) groups is 1. The number of hydrogen-bond acceptors (Lipinski definition) is 3. The number of imidazole rings is 1. The number of aromatic nitrogens is 2. The molecule has 0 unspecified atom stereocenters. The minimum Gasteiger partial charge on any atom is -0.343 e. The van der Waals surface area contributed by atoms with Gasteiger partial charge in [-0.2, -0.15) is 0 Å². The van der Waals surface area contributed by atoms with E-state index >= 15 is 0 Å². The lowest BCUT2D eigenvalue weighted by Gasteiger charge is -2.32. The fourth-order valence-electron chi connectivity index (χ4n) is 3.73. The Morgan fingerprint density at radius 3 is 2.82 bits per heavy atom. The molecule has 1 aromatic heterocycles. The molecule has 22 heavy (non-hydrogen) atoms. The summed E-state index contributed by atoms with van der Waals surface area (Å²) in [4.78, 5) is 21.1. The number of carbonyl (C=O) groups excluding carboxylic acids is 1. The van der Waals surface area contributed by atoms with E-state index in [1.165, 1.54) is 25.7 Å².